The standard InChI is InChI=1S/C11H17N3O2/c1-8-4-5-9(10(12)13)11(15)14(8)6-3-7-16-2/h4-5H,3,6-7H2,1-2H3,(H3,12,13). The summed E-state index contributed by atoms with van der Waals surface area (Å²) in [7, 11) is 1.63. The first-order chi connectivity index (χ1) is 7.57. The quantitative estimate of drug-likeness (QED) is 0.432. The molecule has 5 nitrogen and oxygen atoms in total. The molecule has 1 aromatic rings. The first kappa shape index (κ1) is 12.4. The van der Waals surface area contributed by atoms with Crippen LogP contribution in [-0.2, 0) is 11.3 Å². The zero-order valence-corrected chi connectivity index (χ0v) is 9.62. The molecule has 0 aliphatic rings. The van der Waals surface area contributed by atoms with Crippen LogP contribution in [0.25, 0.3) is 0 Å². The zero-order valence-electron chi connectivity index (χ0n) is 9.62. The summed E-state index contributed by atoms with van der Waals surface area (Å²) in [4.78, 5) is 11.9. The van der Waals surface area contributed by atoms with Crippen LogP contribution in [0.4, 0.5) is 0 Å². The van der Waals surface area contributed by atoms with E-state index in [0.717, 1.165) is 12.1 Å². The van der Waals surface area contributed by atoms with Crippen molar-refractivity contribution in [2.75, 3.05) is 13.7 Å². The lowest BCUT2D eigenvalue weighted by Crippen LogP contribution is -2.31. The number of pyridine rings is 1. The molecule has 0 unspecified atom stereocenters. The maximum atomic E-state index is 11.9. The molecule has 0 radical (unpaired) electrons. The molecule has 0 aliphatic carbocycles. The number of amidine groups is 1. The largest absolute Gasteiger partial charge is 0.385 e. The molecule has 0 saturated heterocycles. The van der Waals surface area contributed by atoms with Gasteiger partial charge in [0.25, 0.3) is 5.56 Å². The number of aryl methyl sites for hydroxylation is 1. The monoisotopic (exact) mass is 223 g/mol. The number of rotatable bonds is 5. The molecule has 0 atom stereocenters. The minimum absolute atomic E-state index is 0.189. The van der Waals surface area contributed by atoms with Crippen molar-refractivity contribution in [1.29, 1.82) is 5.41 Å². The highest BCUT2D eigenvalue weighted by molar-refractivity contribution is 5.94. The molecule has 1 aromatic heterocycles. The Morgan fingerprint density at radius 1 is 1.56 bits per heavy atom. The summed E-state index contributed by atoms with van der Waals surface area (Å²) in [5, 5.41) is 7.30. The third-order valence-electron chi connectivity index (χ3n) is 2.41. The highest BCUT2D eigenvalue weighted by Crippen LogP contribution is 1.99. The second-order valence-corrected chi connectivity index (χ2v) is 3.61. The van der Waals surface area contributed by atoms with Crippen LogP contribution in [0.5, 0.6) is 0 Å². The van der Waals surface area contributed by atoms with Crippen LogP contribution in [0.2, 0.25) is 0 Å². The third-order valence-corrected chi connectivity index (χ3v) is 2.41. The van der Waals surface area contributed by atoms with Crippen LogP contribution in [0.15, 0.2) is 16.9 Å². The highest BCUT2D eigenvalue weighted by atomic mass is 16.5. The number of aromatic nitrogens is 1. The molecule has 88 valence electrons. The molecule has 0 bridgehead atoms. The van der Waals surface area contributed by atoms with Crippen LogP contribution in [0.1, 0.15) is 17.7 Å². The summed E-state index contributed by atoms with van der Waals surface area (Å²) >= 11 is 0. The Labute approximate surface area is 94.4 Å². The lowest BCUT2D eigenvalue weighted by atomic mass is 10.2. The summed E-state index contributed by atoms with van der Waals surface area (Å²) in [5.74, 6) is -0.189. The average molecular weight is 223 g/mol. The molecule has 0 spiro atoms. The number of nitrogens with zero attached hydrogens (tertiary/aromatic N) is 1. The van der Waals surface area contributed by atoms with Gasteiger partial charge in [-0.3, -0.25) is 10.2 Å². The number of nitrogens with one attached hydrogen (secondary N) is 1. The Morgan fingerprint density at radius 3 is 2.81 bits per heavy atom. The van der Waals surface area contributed by atoms with Gasteiger partial charge in [-0.1, -0.05) is 0 Å². The van der Waals surface area contributed by atoms with E-state index in [4.69, 9.17) is 15.9 Å². The van der Waals surface area contributed by atoms with Gasteiger partial charge in [0.2, 0.25) is 0 Å². The lowest BCUT2D eigenvalue weighted by molar-refractivity contribution is 0.189. The molecule has 16 heavy (non-hydrogen) atoms. The molecular weight excluding hydrogens is 206 g/mol. The van der Waals surface area contributed by atoms with Crippen LogP contribution >= 0.6 is 0 Å². The average Bonchev–Trinajstić information content (AvgIpc) is 2.22. The van der Waals surface area contributed by atoms with Crippen molar-refractivity contribution in [2.45, 2.75) is 19.9 Å². The fourth-order valence-electron chi connectivity index (χ4n) is 1.52. The molecule has 3 N–H and O–H groups in total. The number of methoxy groups -OCH3 is 1. The summed E-state index contributed by atoms with van der Waals surface area (Å²) < 4.78 is 6.56. The minimum atomic E-state index is -0.205. The number of hydrogen-bond donors (Lipinski definition) is 2. The molecule has 1 rings (SSSR count). The Balaban J connectivity index is 3.02. The third kappa shape index (κ3) is 2.70. The molecule has 0 fully saturated rings. The molecule has 0 aliphatic heterocycles. The van der Waals surface area contributed by atoms with E-state index in [1.165, 1.54) is 0 Å². The molecule has 0 aromatic carbocycles. The van der Waals surface area contributed by atoms with E-state index < -0.39 is 0 Å². The zero-order chi connectivity index (χ0) is 12.1. The van der Waals surface area contributed by atoms with Crippen molar-refractivity contribution in [3.8, 4) is 0 Å². The van der Waals surface area contributed by atoms with Crippen molar-refractivity contribution in [3.63, 3.8) is 0 Å². The van der Waals surface area contributed by atoms with Gasteiger partial charge >= 0.3 is 0 Å². The van der Waals surface area contributed by atoms with Gasteiger partial charge in [-0.25, -0.2) is 0 Å². The van der Waals surface area contributed by atoms with E-state index in [1.54, 1.807) is 23.8 Å². The smallest absolute Gasteiger partial charge is 0.261 e. The first-order valence-corrected chi connectivity index (χ1v) is 5.11. The van der Waals surface area contributed by atoms with Gasteiger partial charge in [0.05, 0.1) is 5.56 Å². The predicted molar refractivity (Wildman–Crippen MR) is 62.9 cm³/mol. The topological polar surface area (TPSA) is 81.1 Å². The van der Waals surface area contributed by atoms with Gasteiger partial charge in [0.15, 0.2) is 0 Å². The molecule has 5 heteroatoms. The first-order valence-electron chi connectivity index (χ1n) is 5.11. The van der Waals surface area contributed by atoms with Crippen LogP contribution in [0.3, 0.4) is 0 Å². The maximum absolute atomic E-state index is 11.9. The summed E-state index contributed by atoms with van der Waals surface area (Å²) in [6, 6.07) is 3.39. The van der Waals surface area contributed by atoms with Gasteiger partial charge in [0, 0.05) is 26.0 Å². The van der Waals surface area contributed by atoms with Crippen LogP contribution < -0.4 is 11.3 Å². The van der Waals surface area contributed by atoms with E-state index in [2.05, 4.69) is 0 Å². The fraction of sp³-hybridized carbons (Fsp3) is 0.455. The summed E-state index contributed by atoms with van der Waals surface area (Å²) in [5.41, 5.74) is 6.25. The van der Waals surface area contributed by atoms with Gasteiger partial charge in [-0.2, -0.15) is 0 Å². The number of hydrogen-bond acceptors (Lipinski definition) is 3. The Hall–Kier alpha value is -1.62. The summed E-state index contributed by atoms with van der Waals surface area (Å²) in [6.07, 6.45) is 0.763. The second kappa shape index (κ2) is 5.46. The number of nitrogen functional groups attached to an aromatic ring is 1. The SMILES string of the molecule is COCCCn1c(C)ccc(C(=N)N)c1=O. The van der Waals surface area contributed by atoms with Gasteiger partial charge in [-0.15, -0.1) is 0 Å². The van der Waals surface area contributed by atoms with Gasteiger partial charge in [0.1, 0.15) is 5.84 Å². The predicted octanol–water partition coefficient (Wildman–Crippen LogP) is 0.477. The lowest BCUT2D eigenvalue weighted by Gasteiger charge is -2.11. The molecular formula is C11H17N3O2. The summed E-state index contributed by atoms with van der Waals surface area (Å²) in [6.45, 7) is 3.05. The van der Waals surface area contributed by atoms with Crippen LogP contribution in [0, 0.1) is 12.3 Å². The van der Waals surface area contributed by atoms with Crippen LogP contribution in [-0.4, -0.2) is 24.1 Å². The highest BCUT2D eigenvalue weighted by Gasteiger charge is 2.07. The van der Waals surface area contributed by atoms with Crippen molar-refractivity contribution in [3.05, 3.63) is 33.7 Å². The molecule has 0 amide bonds. The Kier molecular flexibility index (Phi) is 4.25. The van der Waals surface area contributed by atoms with E-state index in [9.17, 15) is 4.79 Å². The van der Waals surface area contributed by atoms with Gasteiger partial charge < -0.3 is 15.0 Å². The Bertz CT molecular complexity index is 437. The normalized spacial score (nSPS) is 10.4. The number of ether oxygens (including phenoxy) is 1. The number of nitrogens with two attached hydrogens (primary N) is 1. The van der Waals surface area contributed by atoms with E-state index in [-0.39, 0.29) is 17.0 Å². The van der Waals surface area contributed by atoms with Crippen molar-refractivity contribution < 1.29 is 4.74 Å². The molecule has 0 saturated carbocycles. The van der Waals surface area contributed by atoms with E-state index >= 15 is 0 Å². The Morgan fingerprint density at radius 2 is 2.25 bits per heavy atom. The van der Waals surface area contributed by atoms with Gasteiger partial charge in [-0.05, 0) is 25.5 Å². The van der Waals surface area contributed by atoms with Crippen molar-refractivity contribution >= 4 is 5.84 Å². The minimum Gasteiger partial charge on any atom is -0.385 e. The van der Waals surface area contributed by atoms with E-state index in [0.29, 0.717) is 13.2 Å². The van der Waals surface area contributed by atoms with E-state index in [1.807, 2.05) is 6.92 Å². The molecule has 1 heterocycles. The fourth-order valence-corrected chi connectivity index (χ4v) is 1.52. The maximum Gasteiger partial charge on any atom is 0.261 e. The van der Waals surface area contributed by atoms with Crippen molar-refractivity contribution in [2.24, 2.45) is 5.73 Å². The second-order valence-electron chi connectivity index (χ2n) is 3.61. The van der Waals surface area contributed by atoms with Crippen molar-refractivity contribution in [1.82, 2.24) is 4.57 Å².